The monoisotopic (exact) mass is 784 g/mol. The number of alkyl halides is 2. The third-order valence-electron chi connectivity index (χ3n) is 10.4. The first kappa shape index (κ1) is 36.9. The van der Waals surface area contributed by atoms with Gasteiger partial charge >= 0.3 is 18.2 Å². The summed E-state index contributed by atoms with van der Waals surface area (Å²) in [5.74, 6) is -4.32. The van der Waals surface area contributed by atoms with Crippen LogP contribution in [0, 0.1) is 23.0 Å². The number of hydrogen-bond acceptors (Lipinski definition) is 12. The summed E-state index contributed by atoms with van der Waals surface area (Å²) in [5.41, 5.74) is -0.536. The molecule has 4 aliphatic heterocycles. The molecule has 3 atom stereocenters. The van der Waals surface area contributed by atoms with E-state index in [0.29, 0.717) is 35.2 Å². The third kappa shape index (κ3) is 6.49. The lowest BCUT2D eigenvalue weighted by Crippen LogP contribution is -2.55. The van der Waals surface area contributed by atoms with Crippen molar-refractivity contribution < 1.29 is 46.5 Å². The predicted molar refractivity (Wildman–Crippen MR) is 191 cm³/mol. The van der Waals surface area contributed by atoms with Crippen LogP contribution in [-0.2, 0) is 22.7 Å². The van der Waals surface area contributed by atoms with Crippen LogP contribution < -0.4 is 15.0 Å². The van der Waals surface area contributed by atoms with E-state index < -0.39 is 54.4 Å². The molecule has 4 aliphatic rings. The Morgan fingerprint density at radius 2 is 1.85 bits per heavy atom. The van der Waals surface area contributed by atoms with E-state index in [-0.39, 0.29) is 88.4 Å². The Hall–Kier alpha value is -5.06. The molecule has 0 spiro atoms. The highest BCUT2D eigenvalue weighted by molar-refractivity contribution is 7.23. The maximum Gasteiger partial charge on any atom is 0.412 e. The SMILES string of the molecule is CN1CC(F)(F)C[C@H]1COc1nc(N2C3CCC2CN(C(=O)O)C3)c2c3c(c(-c4ncc(F)c5sc(NC(=O)OC(C)(C)C)c(C#N)c45)c(F)c2n1)COC3. The van der Waals surface area contributed by atoms with Gasteiger partial charge in [-0.2, -0.15) is 15.2 Å². The van der Waals surface area contributed by atoms with Crippen LogP contribution in [0.25, 0.3) is 32.2 Å². The van der Waals surface area contributed by atoms with Gasteiger partial charge in [0.2, 0.25) is 0 Å². The van der Waals surface area contributed by atoms with Crippen LogP contribution in [0.2, 0.25) is 0 Å². The molecule has 2 N–H and O–H groups in total. The summed E-state index contributed by atoms with van der Waals surface area (Å²) in [6.07, 6.45) is -0.186. The fraction of sp³-hybridized carbons (Fsp3) is 0.500. The van der Waals surface area contributed by atoms with Crippen LogP contribution in [0.1, 0.15) is 56.7 Å². The van der Waals surface area contributed by atoms with Crippen molar-refractivity contribution in [3.05, 3.63) is 34.5 Å². The van der Waals surface area contributed by atoms with Crippen LogP contribution in [0.5, 0.6) is 6.01 Å². The van der Waals surface area contributed by atoms with Crippen LogP contribution >= 0.6 is 11.3 Å². The second-order valence-corrected chi connectivity index (χ2v) is 16.3. The van der Waals surface area contributed by atoms with Gasteiger partial charge in [0.1, 0.15) is 34.6 Å². The van der Waals surface area contributed by atoms with Crippen LogP contribution in [0.3, 0.4) is 0 Å². The maximum absolute atomic E-state index is 17.6. The minimum Gasteiger partial charge on any atom is -0.465 e. The van der Waals surface area contributed by atoms with E-state index in [1.807, 2.05) is 11.0 Å². The van der Waals surface area contributed by atoms with Crippen molar-refractivity contribution >= 4 is 55.3 Å². The second kappa shape index (κ2) is 13.3. The lowest BCUT2D eigenvalue weighted by Gasteiger charge is -2.41. The fourth-order valence-electron chi connectivity index (χ4n) is 8.16. The van der Waals surface area contributed by atoms with Crippen molar-refractivity contribution in [1.82, 2.24) is 24.8 Å². The number of carbonyl (C=O) groups excluding carboxylic acids is 1. The lowest BCUT2D eigenvalue weighted by atomic mass is 9.93. The van der Waals surface area contributed by atoms with Gasteiger partial charge in [0.25, 0.3) is 5.92 Å². The number of fused-ring (bicyclic) bond motifs is 6. The number of hydrogen-bond donors (Lipinski definition) is 2. The zero-order chi connectivity index (χ0) is 39.1. The molecule has 2 bridgehead atoms. The molecule has 2 unspecified atom stereocenters. The van der Waals surface area contributed by atoms with E-state index in [4.69, 9.17) is 19.2 Å². The molecule has 2 amide bonds. The Kier molecular flexibility index (Phi) is 8.93. The molecular formula is C36H36F4N8O6S. The van der Waals surface area contributed by atoms with Gasteiger partial charge in [0.05, 0.1) is 47.3 Å². The number of aromatic nitrogens is 3. The second-order valence-electron chi connectivity index (χ2n) is 15.3. The van der Waals surface area contributed by atoms with Crippen LogP contribution in [0.15, 0.2) is 6.20 Å². The van der Waals surface area contributed by atoms with Crippen molar-refractivity contribution in [3.63, 3.8) is 0 Å². The summed E-state index contributed by atoms with van der Waals surface area (Å²) in [4.78, 5) is 43.1. The van der Waals surface area contributed by atoms with Gasteiger partial charge in [-0.3, -0.25) is 15.2 Å². The zero-order valence-corrected chi connectivity index (χ0v) is 31.0. The average Bonchev–Trinajstić information content (AvgIpc) is 3.85. The van der Waals surface area contributed by atoms with Crippen molar-refractivity contribution in [3.8, 4) is 23.3 Å². The van der Waals surface area contributed by atoms with Crippen molar-refractivity contribution in [1.29, 1.82) is 5.26 Å². The molecule has 8 rings (SSSR count). The highest BCUT2D eigenvalue weighted by Gasteiger charge is 2.46. The van der Waals surface area contributed by atoms with E-state index in [2.05, 4.69) is 15.3 Å². The molecule has 290 valence electrons. The van der Waals surface area contributed by atoms with Gasteiger partial charge in [0, 0.05) is 48.6 Å². The van der Waals surface area contributed by atoms with Gasteiger partial charge in [-0.05, 0) is 51.8 Å². The smallest absolute Gasteiger partial charge is 0.412 e. The number of likely N-dealkylation sites (N-methyl/N-ethyl adjacent to an activating group) is 1. The number of carbonyl (C=O) groups is 2. The molecule has 0 radical (unpaired) electrons. The van der Waals surface area contributed by atoms with E-state index in [1.54, 1.807) is 27.8 Å². The quantitative estimate of drug-likeness (QED) is 0.205. The first-order chi connectivity index (χ1) is 26.0. The standard InChI is InChI=1S/C36H36F4N8O6S/c1-35(2,3)54-33(49)45-31-19(8-41)24-27(42-9-22(37)29(24)55-31)23-20-13-52-14-21(20)25-28(26(23)38)43-32(53-12-18-7-36(39,40)15-46(18)4)44-30(25)48-16-5-6-17(48)11-47(10-16)34(50)51/h9,16-18H,5-7,10-15H2,1-4H3,(H,45,49)(H,50,51)/t16?,17?,18-/m0/s1. The van der Waals surface area contributed by atoms with Crippen molar-refractivity contribution in [2.75, 3.05) is 43.5 Å². The third-order valence-corrected chi connectivity index (χ3v) is 11.5. The Balaban J connectivity index is 1.31. The normalized spacial score (nSPS) is 22.0. The molecule has 55 heavy (non-hydrogen) atoms. The first-order valence-electron chi connectivity index (χ1n) is 17.6. The van der Waals surface area contributed by atoms with Crippen molar-refractivity contribution in [2.45, 2.75) is 82.9 Å². The number of rotatable bonds is 6. The topological polar surface area (TPSA) is 166 Å². The highest BCUT2D eigenvalue weighted by Crippen LogP contribution is 2.48. The first-order valence-corrected chi connectivity index (χ1v) is 18.5. The molecule has 4 aromatic rings. The van der Waals surface area contributed by atoms with Gasteiger partial charge in [-0.15, -0.1) is 11.3 Å². The number of piperazine rings is 1. The van der Waals surface area contributed by atoms with Crippen LogP contribution in [-0.4, -0.2) is 105 Å². The average molecular weight is 785 g/mol. The van der Waals surface area contributed by atoms with E-state index in [9.17, 15) is 28.7 Å². The summed E-state index contributed by atoms with van der Waals surface area (Å²) in [6, 6.07) is 0.453. The molecule has 1 aromatic carbocycles. The van der Waals surface area contributed by atoms with Gasteiger partial charge in [-0.25, -0.2) is 27.2 Å². The number of nitrogens with zero attached hydrogens (tertiary/aromatic N) is 7. The minimum absolute atomic E-state index is 0.00653. The number of ether oxygens (including phenoxy) is 3. The van der Waals surface area contributed by atoms with E-state index in [0.717, 1.165) is 17.5 Å². The Morgan fingerprint density at radius 3 is 2.49 bits per heavy atom. The predicted octanol–water partition coefficient (Wildman–Crippen LogP) is 6.48. The number of carboxylic acid groups (broad SMARTS) is 1. The largest absolute Gasteiger partial charge is 0.465 e. The number of anilines is 2. The van der Waals surface area contributed by atoms with E-state index in [1.165, 1.54) is 9.80 Å². The van der Waals surface area contributed by atoms with Crippen LogP contribution in [0.4, 0.5) is 38.0 Å². The fourth-order valence-corrected chi connectivity index (χ4v) is 9.20. The summed E-state index contributed by atoms with van der Waals surface area (Å²) in [6.45, 7) is 4.61. The number of nitrogens with one attached hydrogen (secondary N) is 1. The highest BCUT2D eigenvalue weighted by atomic mass is 32.1. The number of likely N-dealkylation sites (tertiary alicyclic amines) is 2. The Bertz CT molecular complexity index is 2300. The molecule has 0 saturated carbocycles. The lowest BCUT2D eigenvalue weighted by molar-refractivity contribution is 0.0136. The molecular weight excluding hydrogens is 749 g/mol. The van der Waals surface area contributed by atoms with Gasteiger partial charge < -0.3 is 29.1 Å². The van der Waals surface area contributed by atoms with E-state index >= 15 is 8.78 Å². The molecule has 3 aromatic heterocycles. The van der Waals surface area contributed by atoms with Gasteiger partial charge in [0.15, 0.2) is 11.6 Å². The molecule has 3 saturated heterocycles. The number of amides is 2. The molecule has 14 nitrogen and oxygen atoms in total. The number of pyridine rings is 1. The number of thiophene rings is 1. The summed E-state index contributed by atoms with van der Waals surface area (Å²) < 4.78 is 78.7. The minimum atomic E-state index is -2.91. The Labute approximate surface area is 315 Å². The van der Waals surface area contributed by atoms with Crippen molar-refractivity contribution in [2.24, 2.45) is 0 Å². The summed E-state index contributed by atoms with van der Waals surface area (Å²) >= 11 is 0.774. The zero-order valence-electron chi connectivity index (χ0n) is 30.2. The number of nitriles is 1. The summed E-state index contributed by atoms with van der Waals surface area (Å²) in [7, 11) is 1.56. The number of halogens is 4. The molecule has 7 heterocycles. The Morgan fingerprint density at radius 1 is 1.15 bits per heavy atom. The molecule has 0 aliphatic carbocycles. The molecule has 19 heteroatoms. The number of benzene rings is 1. The molecule has 3 fully saturated rings. The maximum atomic E-state index is 17.6. The summed E-state index contributed by atoms with van der Waals surface area (Å²) in [5, 5.41) is 22.9. The van der Waals surface area contributed by atoms with Gasteiger partial charge in [-0.1, -0.05) is 0 Å².